The van der Waals surface area contributed by atoms with E-state index in [0.29, 0.717) is 36.2 Å². The summed E-state index contributed by atoms with van der Waals surface area (Å²) in [7, 11) is 0. The number of fused-ring (bicyclic) bond motifs is 3. The monoisotopic (exact) mass is 484 g/mol. The van der Waals surface area contributed by atoms with Crippen molar-refractivity contribution in [1.82, 2.24) is 19.7 Å². The van der Waals surface area contributed by atoms with Crippen LogP contribution in [0, 0.1) is 11.8 Å². The summed E-state index contributed by atoms with van der Waals surface area (Å²) in [6, 6.07) is 3.91. The molecule has 1 unspecified atom stereocenters. The summed E-state index contributed by atoms with van der Waals surface area (Å²) in [4.78, 5) is 32.1. The molecule has 0 saturated heterocycles. The van der Waals surface area contributed by atoms with E-state index in [9.17, 15) is 9.59 Å². The van der Waals surface area contributed by atoms with Crippen LogP contribution in [0.15, 0.2) is 22.8 Å². The molecule has 1 saturated carbocycles. The highest BCUT2D eigenvalue weighted by atomic mass is 16.3. The Kier molecular flexibility index (Phi) is 7.94. The van der Waals surface area contributed by atoms with Gasteiger partial charge in [-0.3, -0.25) is 9.59 Å². The molecule has 7 nitrogen and oxygen atoms in total. The lowest BCUT2D eigenvalue weighted by molar-refractivity contribution is -0.133. The first kappa shape index (κ1) is 25.8. The minimum Gasteiger partial charge on any atom is -0.463 e. The summed E-state index contributed by atoms with van der Waals surface area (Å²) in [5.74, 6) is 0.961. The first-order valence-corrected chi connectivity index (χ1v) is 13.6. The molecule has 3 heterocycles. The Morgan fingerprint density at radius 3 is 2.43 bits per heavy atom. The third kappa shape index (κ3) is 5.60. The molecule has 0 spiro atoms. The molecule has 1 fully saturated rings. The van der Waals surface area contributed by atoms with E-state index in [1.807, 2.05) is 28.5 Å². The van der Waals surface area contributed by atoms with E-state index in [1.165, 1.54) is 12.8 Å². The number of nitrogens with zero attached hydrogens (tertiary/aromatic N) is 3. The molecule has 0 radical (unpaired) electrons. The van der Waals surface area contributed by atoms with Crippen LogP contribution >= 0.6 is 0 Å². The predicted octanol–water partition coefficient (Wildman–Crippen LogP) is 4.90. The van der Waals surface area contributed by atoms with Crippen molar-refractivity contribution in [3.63, 3.8) is 0 Å². The number of carbonyl (C=O) groups excluding carboxylic acids is 2. The molecule has 2 amide bonds. The number of nitrogens with one attached hydrogen (secondary N) is 1. The van der Waals surface area contributed by atoms with Crippen molar-refractivity contribution in [3.8, 4) is 0 Å². The topological polar surface area (TPSA) is 70.7 Å². The zero-order valence-electron chi connectivity index (χ0n) is 22.3. The first-order valence-electron chi connectivity index (χ1n) is 13.6. The van der Waals surface area contributed by atoms with Crippen molar-refractivity contribution in [2.45, 2.75) is 91.3 Å². The second-order valence-electron chi connectivity index (χ2n) is 11.7. The average molecular weight is 485 g/mol. The highest BCUT2D eigenvalue weighted by molar-refractivity contribution is 6.02. The fraction of sp³-hybridized carbons (Fsp3) is 0.714. The van der Waals surface area contributed by atoms with E-state index < -0.39 is 5.54 Å². The number of furan rings is 1. The zero-order valence-corrected chi connectivity index (χ0v) is 22.3. The van der Waals surface area contributed by atoms with Gasteiger partial charge in [-0.05, 0) is 31.6 Å². The van der Waals surface area contributed by atoms with Gasteiger partial charge < -0.3 is 24.1 Å². The molecule has 4 rings (SSSR count). The molecule has 35 heavy (non-hydrogen) atoms. The van der Waals surface area contributed by atoms with Gasteiger partial charge in [-0.2, -0.15) is 0 Å². The molecule has 2 aromatic rings. The molecule has 0 bridgehead atoms. The van der Waals surface area contributed by atoms with Crippen LogP contribution in [0.5, 0.6) is 0 Å². The van der Waals surface area contributed by atoms with Crippen molar-refractivity contribution in [1.29, 1.82) is 0 Å². The average Bonchev–Trinajstić information content (AvgIpc) is 3.27. The summed E-state index contributed by atoms with van der Waals surface area (Å²) in [5.41, 5.74) is 1.23. The van der Waals surface area contributed by atoms with E-state index in [-0.39, 0.29) is 17.9 Å². The van der Waals surface area contributed by atoms with Crippen LogP contribution in [-0.2, 0) is 11.3 Å². The van der Waals surface area contributed by atoms with Crippen LogP contribution < -0.4 is 5.32 Å². The van der Waals surface area contributed by atoms with E-state index in [1.54, 1.807) is 6.26 Å². The Bertz CT molecular complexity index is 1000. The number of aromatic nitrogens is 1. The lowest BCUT2D eigenvalue weighted by Crippen LogP contribution is -2.65. The van der Waals surface area contributed by atoms with E-state index >= 15 is 0 Å². The standard InChI is InChI=1S/C28H44N4O3/c1-20(2)17-30(18-21(3)4)13-14-32-26(33)24-16-25-23(12-15-35-25)31(24)19-28(32,5)27(34)29-22-10-8-6-7-9-11-22/h12,15-16,20-22H,6-11,13-14,17-19H2,1-5H3,(H,29,34). The molecule has 7 heteroatoms. The molecule has 1 N–H and O–H groups in total. The van der Waals surface area contributed by atoms with Gasteiger partial charge in [0.25, 0.3) is 5.91 Å². The van der Waals surface area contributed by atoms with Crippen LogP contribution in [0.25, 0.3) is 11.1 Å². The van der Waals surface area contributed by atoms with Crippen molar-refractivity contribution in [3.05, 3.63) is 24.1 Å². The van der Waals surface area contributed by atoms with Crippen molar-refractivity contribution >= 4 is 22.9 Å². The van der Waals surface area contributed by atoms with Crippen LogP contribution in [0.2, 0.25) is 0 Å². The SMILES string of the molecule is CC(C)CN(CCN1C(=O)c2cc3occc3n2CC1(C)C(=O)NC1CCCCCC1)CC(C)C. The van der Waals surface area contributed by atoms with E-state index in [0.717, 1.165) is 50.8 Å². The van der Waals surface area contributed by atoms with Gasteiger partial charge in [0, 0.05) is 44.4 Å². The maximum Gasteiger partial charge on any atom is 0.271 e. The largest absolute Gasteiger partial charge is 0.463 e. The molecular formula is C28H44N4O3. The zero-order chi connectivity index (χ0) is 25.2. The van der Waals surface area contributed by atoms with Crippen molar-refractivity contribution in [2.75, 3.05) is 26.2 Å². The van der Waals surface area contributed by atoms with Gasteiger partial charge in [0.15, 0.2) is 5.58 Å². The normalized spacial score (nSPS) is 21.8. The van der Waals surface area contributed by atoms with Gasteiger partial charge in [0.05, 0.1) is 18.3 Å². The maximum absolute atomic E-state index is 13.9. The summed E-state index contributed by atoms with van der Waals surface area (Å²) >= 11 is 0. The van der Waals surface area contributed by atoms with E-state index in [2.05, 4.69) is 37.9 Å². The second-order valence-corrected chi connectivity index (χ2v) is 11.7. The third-order valence-electron chi connectivity index (χ3n) is 7.61. The summed E-state index contributed by atoms with van der Waals surface area (Å²) in [5, 5.41) is 3.35. The molecule has 1 aliphatic carbocycles. The Hall–Kier alpha value is -2.28. The van der Waals surface area contributed by atoms with Gasteiger partial charge in [-0.15, -0.1) is 0 Å². The highest BCUT2D eigenvalue weighted by Gasteiger charge is 2.48. The molecule has 2 aliphatic rings. The Morgan fingerprint density at radius 2 is 1.80 bits per heavy atom. The van der Waals surface area contributed by atoms with Crippen LogP contribution in [0.4, 0.5) is 0 Å². The van der Waals surface area contributed by atoms with Crippen molar-refractivity contribution < 1.29 is 14.0 Å². The van der Waals surface area contributed by atoms with Crippen LogP contribution in [0.3, 0.4) is 0 Å². The number of hydrogen-bond acceptors (Lipinski definition) is 4. The number of carbonyl (C=O) groups is 2. The summed E-state index contributed by atoms with van der Waals surface area (Å²) < 4.78 is 7.58. The Morgan fingerprint density at radius 1 is 1.14 bits per heavy atom. The van der Waals surface area contributed by atoms with Crippen molar-refractivity contribution in [2.24, 2.45) is 11.8 Å². The second kappa shape index (κ2) is 10.8. The molecule has 2 aromatic heterocycles. The smallest absolute Gasteiger partial charge is 0.271 e. The highest BCUT2D eigenvalue weighted by Crippen LogP contribution is 2.33. The van der Waals surface area contributed by atoms with Gasteiger partial charge in [-0.25, -0.2) is 0 Å². The summed E-state index contributed by atoms with van der Waals surface area (Å²) in [6.45, 7) is 14.5. The minimum absolute atomic E-state index is 0.0342. The Labute approximate surface area is 210 Å². The fourth-order valence-corrected chi connectivity index (χ4v) is 5.92. The van der Waals surface area contributed by atoms with E-state index in [4.69, 9.17) is 4.42 Å². The fourth-order valence-electron chi connectivity index (χ4n) is 5.92. The van der Waals surface area contributed by atoms with Gasteiger partial charge in [-0.1, -0.05) is 53.4 Å². The number of hydrogen-bond donors (Lipinski definition) is 1. The summed E-state index contributed by atoms with van der Waals surface area (Å²) in [6.07, 6.45) is 8.47. The minimum atomic E-state index is -0.957. The lowest BCUT2D eigenvalue weighted by Gasteiger charge is -2.45. The molecule has 194 valence electrons. The van der Waals surface area contributed by atoms with Gasteiger partial charge in [0.1, 0.15) is 11.2 Å². The molecule has 1 aliphatic heterocycles. The predicted molar refractivity (Wildman–Crippen MR) is 139 cm³/mol. The Balaban J connectivity index is 1.61. The molecule has 0 aromatic carbocycles. The quantitative estimate of drug-likeness (QED) is 0.514. The van der Waals surface area contributed by atoms with Gasteiger partial charge >= 0.3 is 0 Å². The van der Waals surface area contributed by atoms with Crippen LogP contribution in [0.1, 0.15) is 83.6 Å². The third-order valence-corrected chi connectivity index (χ3v) is 7.61. The number of amides is 2. The number of rotatable bonds is 9. The molecule has 1 atom stereocenters. The maximum atomic E-state index is 13.9. The van der Waals surface area contributed by atoms with Crippen LogP contribution in [-0.4, -0.2) is 63.9 Å². The van der Waals surface area contributed by atoms with Gasteiger partial charge in [0.2, 0.25) is 5.91 Å². The molecular weight excluding hydrogens is 440 g/mol. The lowest BCUT2D eigenvalue weighted by atomic mass is 9.93. The first-order chi connectivity index (χ1) is 16.7.